The zero-order valence-electron chi connectivity index (χ0n) is 53.3. The highest BCUT2D eigenvalue weighted by Gasteiger charge is 2.09. The van der Waals surface area contributed by atoms with Crippen molar-refractivity contribution in [3.63, 3.8) is 0 Å². The monoisotopic (exact) mass is 1240 g/mol. The summed E-state index contributed by atoms with van der Waals surface area (Å²) in [6.45, 7) is 0. The number of rotatable bonds is 20. The minimum absolute atomic E-state index is 1.06. The molecule has 14 aromatic carbocycles. The first-order chi connectivity index (χ1) is 47.5. The maximum Gasteiger partial charge on any atom is 0.0465 e. The van der Waals surface area contributed by atoms with Crippen LogP contribution in [-0.4, -0.2) is 0 Å². The molecule has 0 fully saturated rings. The Bertz CT molecular complexity index is 4640. The van der Waals surface area contributed by atoms with E-state index in [1.54, 1.807) is 0 Å². The molecule has 14 aromatic rings. The second kappa shape index (κ2) is 33.4. The van der Waals surface area contributed by atoms with Crippen LogP contribution in [0.5, 0.6) is 0 Å². The van der Waals surface area contributed by atoms with Gasteiger partial charge in [0.2, 0.25) is 0 Å². The largest absolute Gasteiger partial charge is 0.362 e. The highest BCUT2D eigenvalue weighted by molar-refractivity contribution is 6.05. The number of anilines is 10. The lowest BCUT2D eigenvalue weighted by molar-refractivity contribution is 1.54. The summed E-state index contributed by atoms with van der Waals surface area (Å²) in [5, 5.41) is 25.6. The molecule has 0 aromatic heterocycles. The molecule has 6 heteroatoms. The van der Waals surface area contributed by atoms with Crippen molar-refractivity contribution in [1.29, 1.82) is 0 Å². The molecule has 0 saturated carbocycles. The number of hydrogen-bond acceptors (Lipinski definition) is 6. The fraction of sp³-hybridized carbons (Fsp3) is 0. The van der Waals surface area contributed by atoms with Crippen molar-refractivity contribution in [3.05, 3.63) is 409 Å². The van der Waals surface area contributed by atoms with Crippen LogP contribution in [0.15, 0.2) is 364 Å². The van der Waals surface area contributed by atoms with Crippen molar-refractivity contribution in [3.8, 4) is 0 Å². The number of para-hydroxylation sites is 1. The lowest BCUT2D eigenvalue weighted by Gasteiger charge is -2.15. The Labute approximate surface area is 564 Å². The van der Waals surface area contributed by atoms with Crippen LogP contribution in [0.25, 0.3) is 70.2 Å². The number of benzene rings is 14. The third-order valence-corrected chi connectivity index (χ3v) is 15.8. The van der Waals surface area contributed by atoms with Crippen LogP contribution < -0.4 is 31.9 Å². The summed E-state index contributed by atoms with van der Waals surface area (Å²) in [5.41, 5.74) is 20.2. The lowest BCUT2D eigenvalue weighted by atomic mass is 10.1. The summed E-state index contributed by atoms with van der Waals surface area (Å²) in [4.78, 5) is 0. The van der Waals surface area contributed by atoms with E-state index in [0.717, 1.165) is 56.9 Å². The van der Waals surface area contributed by atoms with Gasteiger partial charge in [-0.25, -0.2) is 0 Å². The normalized spacial score (nSPS) is 11.1. The number of hydrogen-bond donors (Lipinski definition) is 6. The van der Waals surface area contributed by atoms with Crippen molar-refractivity contribution < 1.29 is 0 Å². The summed E-state index contributed by atoms with van der Waals surface area (Å²) in [5.74, 6) is 0. The molecule has 464 valence electrons. The molecule has 0 atom stereocenters. The van der Waals surface area contributed by atoms with E-state index in [9.17, 15) is 0 Å². The average molecular weight is 1240 g/mol. The molecule has 96 heavy (non-hydrogen) atoms. The Balaban J connectivity index is 0.000000142. The van der Waals surface area contributed by atoms with Gasteiger partial charge in [0.1, 0.15) is 0 Å². The molecule has 0 radical (unpaired) electrons. The summed E-state index contributed by atoms with van der Waals surface area (Å²) < 4.78 is 0. The van der Waals surface area contributed by atoms with Crippen molar-refractivity contribution in [2.45, 2.75) is 0 Å². The van der Waals surface area contributed by atoms with Gasteiger partial charge in [0.25, 0.3) is 0 Å². The van der Waals surface area contributed by atoms with E-state index in [1.165, 1.54) is 66.1 Å². The fourth-order valence-corrected chi connectivity index (χ4v) is 10.7. The smallest absolute Gasteiger partial charge is 0.0465 e. The quantitative estimate of drug-likeness (QED) is 0.0427. The standard InChI is InChI=1S/C38H30N2.C30H24N2.C22H20N2/c1-3-9-29(10-4-1)15-17-31-19-23-33(24-20-31)39-37-27-28-38(36-14-8-7-13-35(36)37)40-34-25-21-32(22-26-34)18-16-30-11-5-2-6-12-30;1-3-9-23(10-4-1)15-16-24-17-19-26(20-18-24)32-30-22-21-29(27-13-7-8-14-28(27)30)31-25-11-5-2-6-12-25;1-3-7-19(8-4-1)15-17-23-21-11-13-22(14-12-21)24-18-16-20-9-5-2-6-10-20/h1-28,39-40H;1-22,31-32H;1-18,23-24H/b17-15+,18-16+;16-15+;17-15+,18-16+. The minimum Gasteiger partial charge on any atom is -0.362 e. The maximum atomic E-state index is 3.61. The molecule has 6 nitrogen and oxygen atoms in total. The molecule has 0 spiro atoms. The average Bonchev–Trinajstić information content (AvgIpc) is 0.896. The van der Waals surface area contributed by atoms with Crippen molar-refractivity contribution in [2.75, 3.05) is 31.9 Å². The Morgan fingerprint density at radius 1 is 0.146 bits per heavy atom. The molecule has 0 amide bonds. The van der Waals surface area contributed by atoms with E-state index in [0.29, 0.717) is 0 Å². The zero-order chi connectivity index (χ0) is 65.0. The van der Waals surface area contributed by atoms with E-state index in [-0.39, 0.29) is 0 Å². The van der Waals surface area contributed by atoms with E-state index in [1.807, 2.05) is 109 Å². The molecule has 0 aliphatic carbocycles. The van der Waals surface area contributed by atoms with E-state index < -0.39 is 0 Å². The fourth-order valence-electron chi connectivity index (χ4n) is 10.7. The van der Waals surface area contributed by atoms with Crippen LogP contribution in [0.4, 0.5) is 56.9 Å². The highest BCUT2D eigenvalue weighted by Crippen LogP contribution is 2.36. The van der Waals surface area contributed by atoms with Gasteiger partial charge in [-0.05, 0) is 154 Å². The lowest BCUT2D eigenvalue weighted by Crippen LogP contribution is -1.95. The van der Waals surface area contributed by atoms with Gasteiger partial charge in [-0.3, -0.25) is 0 Å². The molecule has 14 rings (SSSR count). The Kier molecular flexibility index (Phi) is 22.0. The molecular weight excluding hydrogens is 1170 g/mol. The predicted octanol–water partition coefficient (Wildman–Crippen LogP) is 25.0. The second-order valence-electron chi connectivity index (χ2n) is 22.7. The summed E-state index contributed by atoms with van der Waals surface area (Å²) in [6, 6.07) is 121. The summed E-state index contributed by atoms with van der Waals surface area (Å²) in [6.07, 6.45) is 20.8. The molecule has 6 N–H and O–H groups in total. The van der Waals surface area contributed by atoms with Gasteiger partial charge in [-0.1, -0.05) is 291 Å². The van der Waals surface area contributed by atoms with Gasteiger partial charge in [0.05, 0.1) is 0 Å². The van der Waals surface area contributed by atoms with Crippen molar-refractivity contribution in [2.24, 2.45) is 0 Å². The third kappa shape index (κ3) is 18.9. The number of fused-ring (bicyclic) bond motifs is 2. The van der Waals surface area contributed by atoms with Gasteiger partial charge in [0, 0.05) is 90.8 Å². The summed E-state index contributed by atoms with van der Waals surface area (Å²) in [7, 11) is 0. The van der Waals surface area contributed by atoms with Crippen LogP contribution in [0.2, 0.25) is 0 Å². The van der Waals surface area contributed by atoms with Gasteiger partial charge in [0.15, 0.2) is 0 Å². The van der Waals surface area contributed by atoms with Crippen molar-refractivity contribution in [1.82, 2.24) is 0 Å². The highest BCUT2D eigenvalue weighted by atomic mass is 14.9. The first-order valence-corrected chi connectivity index (χ1v) is 32.3. The van der Waals surface area contributed by atoms with Gasteiger partial charge < -0.3 is 31.9 Å². The molecule has 0 heterocycles. The summed E-state index contributed by atoms with van der Waals surface area (Å²) >= 11 is 0. The first-order valence-electron chi connectivity index (χ1n) is 32.3. The first kappa shape index (κ1) is 63.3. The maximum absolute atomic E-state index is 3.61. The van der Waals surface area contributed by atoms with Crippen LogP contribution in [-0.2, 0) is 0 Å². The molecule has 0 bridgehead atoms. The van der Waals surface area contributed by atoms with Gasteiger partial charge in [-0.15, -0.1) is 0 Å². The molecule has 0 unspecified atom stereocenters. The van der Waals surface area contributed by atoms with Crippen LogP contribution in [0.3, 0.4) is 0 Å². The molecular formula is C90H74N6. The second-order valence-corrected chi connectivity index (χ2v) is 22.7. The Morgan fingerprint density at radius 3 is 0.583 bits per heavy atom. The van der Waals surface area contributed by atoms with Crippen molar-refractivity contribution >= 4 is 127 Å². The van der Waals surface area contributed by atoms with Gasteiger partial charge >= 0.3 is 0 Å². The number of nitrogens with one attached hydrogen (secondary N) is 6. The van der Waals surface area contributed by atoms with Crippen LogP contribution >= 0.6 is 0 Å². The van der Waals surface area contributed by atoms with Crippen LogP contribution in [0, 0.1) is 0 Å². The van der Waals surface area contributed by atoms with Gasteiger partial charge in [-0.2, -0.15) is 0 Å². The SMILES string of the molecule is C(=C\c1ccc(Nc2ccc(Nc3ccc(/C=C/c4ccccc4)cc3)c3ccccc23)cc1)/c1ccccc1.C(=C\c1ccc(Nc2ccc(Nc3ccccc3)c3ccccc23)cc1)/c1ccccc1.C(=C\c1ccccc1)/Nc1ccc(N/C=C/c2ccccc2)cc1. The Hall–Kier alpha value is -12.9. The molecule has 0 aliphatic heterocycles. The molecule has 0 aliphatic rings. The van der Waals surface area contributed by atoms with Crippen LogP contribution in [0.1, 0.15) is 44.5 Å². The predicted molar refractivity (Wildman–Crippen MR) is 418 cm³/mol. The zero-order valence-corrected chi connectivity index (χ0v) is 53.3. The Morgan fingerprint density at radius 2 is 0.333 bits per heavy atom. The molecule has 0 saturated heterocycles. The van der Waals surface area contributed by atoms with E-state index >= 15 is 0 Å². The van der Waals surface area contributed by atoms with E-state index in [4.69, 9.17) is 0 Å². The topological polar surface area (TPSA) is 72.2 Å². The minimum atomic E-state index is 1.06. The van der Waals surface area contributed by atoms with E-state index in [2.05, 4.69) is 335 Å². The third-order valence-electron chi connectivity index (χ3n) is 15.8.